The molecule has 0 unspecified atom stereocenters. The number of methoxy groups -OCH3 is 1. The van der Waals surface area contributed by atoms with Gasteiger partial charge in [-0.2, -0.15) is 0 Å². The number of ether oxygens (including phenoxy) is 3. The summed E-state index contributed by atoms with van der Waals surface area (Å²) in [5.41, 5.74) is -0.317. The molecule has 1 aliphatic heterocycles. The Morgan fingerprint density at radius 2 is 2.10 bits per heavy atom. The number of benzene rings is 1. The fraction of sp³-hybridized carbons (Fsp3) is 0.500. The van der Waals surface area contributed by atoms with Crippen molar-refractivity contribution in [2.45, 2.75) is 12.8 Å². The summed E-state index contributed by atoms with van der Waals surface area (Å²) in [4.78, 5) is 21.3. The van der Waals surface area contributed by atoms with Gasteiger partial charge in [0.05, 0.1) is 30.3 Å². The van der Waals surface area contributed by atoms with Crippen molar-refractivity contribution in [2.24, 2.45) is 5.92 Å². The maximum Gasteiger partial charge on any atom is 0.283 e. The van der Waals surface area contributed by atoms with Crippen LogP contribution in [0.25, 0.3) is 0 Å². The normalized spacial score (nSPS) is 15.5. The smallest absolute Gasteiger partial charge is 0.283 e. The molecule has 0 aromatic heterocycles. The molecule has 0 bridgehead atoms. The van der Waals surface area contributed by atoms with Gasteiger partial charge in [-0.05, 0) is 18.8 Å². The molecule has 7 nitrogen and oxygen atoms in total. The zero-order valence-corrected chi connectivity index (χ0v) is 11.7. The second-order valence-corrected chi connectivity index (χ2v) is 4.80. The molecule has 114 valence electrons. The summed E-state index contributed by atoms with van der Waals surface area (Å²) in [7, 11) is 1.43. The highest BCUT2D eigenvalue weighted by molar-refractivity contribution is 5.83. The Labute approximate surface area is 122 Å². The molecular weight excluding hydrogens is 278 g/mol. The number of aldehydes is 1. The SMILES string of the molecule is COc1cc(C=O)c([N+](=O)[O-])cc1OCC1CCOCC1. The highest BCUT2D eigenvalue weighted by Crippen LogP contribution is 2.34. The summed E-state index contributed by atoms with van der Waals surface area (Å²) in [6, 6.07) is 2.56. The molecule has 0 radical (unpaired) electrons. The van der Waals surface area contributed by atoms with Crippen LogP contribution in [0.4, 0.5) is 5.69 Å². The Morgan fingerprint density at radius 3 is 2.67 bits per heavy atom. The lowest BCUT2D eigenvalue weighted by molar-refractivity contribution is -0.385. The number of hydrogen-bond acceptors (Lipinski definition) is 6. The number of carbonyl (C=O) groups is 1. The number of nitrogens with zero attached hydrogens (tertiary/aromatic N) is 1. The Hall–Kier alpha value is -2.15. The van der Waals surface area contributed by atoms with E-state index in [9.17, 15) is 14.9 Å². The highest BCUT2D eigenvalue weighted by atomic mass is 16.6. The van der Waals surface area contributed by atoms with Crippen molar-refractivity contribution in [1.82, 2.24) is 0 Å². The van der Waals surface area contributed by atoms with Gasteiger partial charge in [0.25, 0.3) is 5.69 Å². The van der Waals surface area contributed by atoms with Crippen molar-refractivity contribution >= 4 is 12.0 Å². The van der Waals surface area contributed by atoms with Crippen molar-refractivity contribution in [2.75, 3.05) is 26.9 Å². The average Bonchev–Trinajstić information content (AvgIpc) is 2.52. The summed E-state index contributed by atoms with van der Waals surface area (Å²) in [5.74, 6) is 0.948. The van der Waals surface area contributed by atoms with E-state index in [0.717, 1.165) is 12.8 Å². The van der Waals surface area contributed by atoms with Crippen LogP contribution in [0.5, 0.6) is 11.5 Å². The molecule has 0 aliphatic carbocycles. The summed E-state index contributed by atoms with van der Waals surface area (Å²) >= 11 is 0. The molecule has 7 heteroatoms. The molecule has 0 spiro atoms. The lowest BCUT2D eigenvalue weighted by Gasteiger charge is -2.22. The highest BCUT2D eigenvalue weighted by Gasteiger charge is 2.21. The monoisotopic (exact) mass is 295 g/mol. The van der Waals surface area contributed by atoms with Gasteiger partial charge in [-0.15, -0.1) is 0 Å². The number of rotatable bonds is 6. The lowest BCUT2D eigenvalue weighted by Crippen LogP contribution is -2.21. The third kappa shape index (κ3) is 3.69. The van der Waals surface area contributed by atoms with Gasteiger partial charge in [-0.3, -0.25) is 14.9 Å². The van der Waals surface area contributed by atoms with E-state index < -0.39 is 4.92 Å². The van der Waals surface area contributed by atoms with E-state index in [1.54, 1.807) is 0 Å². The molecule has 1 fully saturated rings. The van der Waals surface area contributed by atoms with Gasteiger partial charge >= 0.3 is 0 Å². The van der Waals surface area contributed by atoms with E-state index in [2.05, 4.69) is 0 Å². The first-order valence-electron chi connectivity index (χ1n) is 6.68. The molecule has 21 heavy (non-hydrogen) atoms. The molecule has 2 rings (SSSR count). The standard InChI is InChI=1S/C14H17NO6/c1-19-13-6-11(8-16)12(15(17)18)7-14(13)21-9-10-2-4-20-5-3-10/h6-8,10H,2-5,9H2,1H3. The van der Waals surface area contributed by atoms with Gasteiger partial charge in [0.15, 0.2) is 17.8 Å². The van der Waals surface area contributed by atoms with Crippen LogP contribution < -0.4 is 9.47 Å². The molecule has 0 N–H and O–H groups in total. The quantitative estimate of drug-likeness (QED) is 0.454. The second kappa shape index (κ2) is 7.03. The largest absolute Gasteiger partial charge is 0.493 e. The van der Waals surface area contributed by atoms with Gasteiger partial charge < -0.3 is 14.2 Å². The minimum Gasteiger partial charge on any atom is -0.493 e. The van der Waals surface area contributed by atoms with E-state index >= 15 is 0 Å². The van der Waals surface area contributed by atoms with Crippen LogP contribution >= 0.6 is 0 Å². The molecule has 0 amide bonds. The fourth-order valence-corrected chi connectivity index (χ4v) is 2.21. The number of hydrogen-bond donors (Lipinski definition) is 0. The Kier molecular flexibility index (Phi) is 5.10. The fourth-order valence-electron chi connectivity index (χ4n) is 2.21. The first-order chi connectivity index (χ1) is 10.2. The van der Waals surface area contributed by atoms with Crippen molar-refractivity contribution in [3.63, 3.8) is 0 Å². The van der Waals surface area contributed by atoms with E-state index in [0.29, 0.717) is 37.8 Å². The predicted octanol–water partition coefficient (Wildman–Crippen LogP) is 2.22. The van der Waals surface area contributed by atoms with Crippen molar-refractivity contribution in [1.29, 1.82) is 0 Å². The van der Waals surface area contributed by atoms with Gasteiger partial charge in [-0.1, -0.05) is 0 Å². The predicted molar refractivity (Wildman–Crippen MR) is 74.1 cm³/mol. The van der Waals surface area contributed by atoms with Crippen molar-refractivity contribution in [3.05, 3.63) is 27.8 Å². The summed E-state index contributed by atoms with van der Waals surface area (Å²) in [6.07, 6.45) is 2.23. The first-order valence-corrected chi connectivity index (χ1v) is 6.68. The maximum atomic E-state index is 11.0. The van der Waals surface area contributed by atoms with Gasteiger partial charge in [-0.25, -0.2) is 0 Å². The lowest BCUT2D eigenvalue weighted by atomic mass is 10.0. The van der Waals surface area contributed by atoms with Crippen LogP contribution in [0.2, 0.25) is 0 Å². The van der Waals surface area contributed by atoms with E-state index in [-0.39, 0.29) is 17.0 Å². The molecule has 1 heterocycles. The van der Waals surface area contributed by atoms with E-state index in [4.69, 9.17) is 14.2 Å². The third-order valence-corrected chi connectivity index (χ3v) is 3.45. The van der Waals surface area contributed by atoms with Crippen LogP contribution in [0.1, 0.15) is 23.2 Å². The molecule has 0 saturated carbocycles. The molecule has 1 saturated heterocycles. The van der Waals surface area contributed by atoms with E-state index in [1.807, 2.05) is 0 Å². The van der Waals surface area contributed by atoms with Crippen LogP contribution in [-0.4, -0.2) is 38.1 Å². The molecule has 1 aliphatic rings. The van der Waals surface area contributed by atoms with Crippen LogP contribution in [0, 0.1) is 16.0 Å². The van der Waals surface area contributed by atoms with Gasteiger partial charge in [0, 0.05) is 19.3 Å². The summed E-state index contributed by atoms with van der Waals surface area (Å²) in [5, 5.41) is 11.0. The summed E-state index contributed by atoms with van der Waals surface area (Å²) in [6.45, 7) is 1.85. The molecule has 0 atom stereocenters. The number of nitro benzene ring substituents is 1. The Morgan fingerprint density at radius 1 is 1.38 bits per heavy atom. The van der Waals surface area contributed by atoms with Crippen LogP contribution in [0.15, 0.2) is 12.1 Å². The molecule has 1 aromatic rings. The first kappa shape index (κ1) is 15.2. The minimum absolute atomic E-state index is 0.0322. The van der Waals surface area contributed by atoms with Gasteiger partial charge in [0.2, 0.25) is 0 Å². The average molecular weight is 295 g/mol. The van der Waals surface area contributed by atoms with Crippen LogP contribution in [-0.2, 0) is 4.74 Å². The van der Waals surface area contributed by atoms with Crippen molar-refractivity contribution in [3.8, 4) is 11.5 Å². The zero-order valence-electron chi connectivity index (χ0n) is 11.7. The number of nitro groups is 1. The molecule has 1 aromatic carbocycles. The van der Waals surface area contributed by atoms with Crippen LogP contribution in [0.3, 0.4) is 0 Å². The van der Waals surface area contributed by atoms with Crippen molar-refractivity contribution < 1.29 is 23.9 Å². The topological polar surface area (TPSA) is 87.9 Å². The second-order valence-electron chi connectivity index (χ2n) is 4.80. The maximum absolute atomic E-state index is 11.0. The number of carbonyl (C=O) groups excluding carboxylic acids is 1. The van der Waals surface area contributed by atoms with E-state index in [1.165, 1.54) is 19.2 Å². The van der Waals surface area contributed by atoms with Gasteiger partial charge in [0.1, 0.15) is 0 Å². The zero-order chi connectivity index (χ0) is 15.2. The summed E-state index contributed by atoms with van der Waals surface area (Å²) < 4.78 is 16.1. The minimum atomic E-state index is -0.607. The Bertz CT molecular complexity index is 524. The Balaban J connectivity index is 2.18. The molecular formula is C14H17NO6. The third-order valence-electron chi connectivity index (χ3n) is 3.45.